The summed E-state index contributed by atoms with van der Waals surface area (Å²) >= 11 is 0. The van der Waals surface area contributed by atoms with Crippen LogP contribution in [0.5, 0.6) is 11.5 Å². The van der Waals surface area contributed by atoms with Gasteiger partial charge in [-0.3, -0.25) is 4.31 Å². The van der Waals surface area contributed by atoms with Crippen molar-refractivity contribution >= 4 is 33.7 Å². The highest BCUT2D eigenvalue weighted by Gasteiger charge is 2.34. The van der Waals surface area contributed by atoms with Gasteiger partial charge in [0.2, 0.25) is 0 Å². The maximum Gasteiger partial charge on any atom is 0.337 e. The van der Waals surface area contributed by atoms with Crippen molar-refractivity contribution in [2.45, 2.75) is 11.3 Å². The highest BCUT2D eigenvalue weighted by Crippen LogP contribution is 2.41. The number of ether oxygens (including phenoxy) is 4. The van der Waals surface area contributed by atoms with Crippen LogP contribution >= 0.6 is 0 Å². The van der Waals surface area contributed by atoms with E-state index in [1.165, 1.54) is 57.0 Å². The van der Waals surface area contributed by atoms with E-state index in [1.807, 2.05) is 0 Å². The molecular formula is C22H23NO8S. The number of anilines is 1. The molecule has 0 unspecified atom stereocenters. The number of benzene rings is 2. The van der Waals surface area contributed by atoms with Gasteiger partial charge in [-0.15, -0.1) is 0 Å². The molecule has 0 aromatic heterocycles. The van der Waals surface area contributed by atoms with Crippen molar-refractivity contribution in [2.24, 2.45) is 0 Å². The number of hydrogen-bond donors (Lipinski definition) is 0. The van der Waals surface area contributed by atoms with Crippen molar-refractivity contribution < 1.29 is 37.0 Å². The molecule has 0 bridgehead atoms. The van der Waals surface area contributed by atoms with E-state index in [0.717, 1.165) is 0 Å². The van der Waals surface area contributed by atoms with Gasteiger partial charge in [0.05, 0.1) is 39.7 Å². The van der Waals surface area contributed by atoms with E-state index < -0.39 is 22.0 Å². The Balaban J connectivity index is 2.10. The predicted molar refractivity (Wildman–Crippen MR) is 117 cm³/mol. The smallest absolute Gasteiger partial charge is 0.337 e. The van der Waals surface area contributed by atoms with Gasteiger partial charge in [-0.2, -0.15) is 0 Å². The quantitative estimate of drug-likeness (QED) is 0.457. The second kappa shape index (κ2) is 9.31. The lowest BCUT2D eigenvalue weighted by Crippen LogP contribution is -2.29. The summed E-state index contributed by atoms with van der Waals surface area (Å²) in [6, 6.07) is 7.68. The van der Waals surface area contributed by atoms with Crippen LogP contribution in [0.15, 0.2) is 41.3 Å². The standard InChI is InChI=1S/C22H23NO8S/c1-28-18-11-14(5-8-20(24)29-2)12-19(21(18)30-3)32(26,27)23-10-9-15-13-16(22(25)31-4)6-7-17(15)23/h5-8,11-13H,9-10H2,1-4H3/b8-5+. The van der Waals surface area contributed by atoms with Crippen molar-refractivity contribution in [3.8, 4) is 11.5 Å². The van der Waals surface area contributed by atoms with Gasteiger partial charge in [0, 0.05) is 12.6 Å². The zero-order chi connectivity index (χ0) is 23.5. The third kappa shape index (κ3) is 4.26. The lowest BCUT2D eigenvalue weighted by Gasteiger charge is -2.22. The summed E-state index contributed by atoms with van der Waals surface area (Å²) in [7, 11) is 1.20. The third-order valence-electron chi connectivity index (χ3n) is 5.00. The number of methoxy groups -OCH3 is 4. The van der Waals surface area contributed by atoms with Gasteiger partial charge in [-0.05, 0) is 54.0 Å². The van der Waals surface area contributed by atoms with Gasteiger partial charge in [-0.25, -0.2) is 18.0 Å². The van der Waals surface area contributed by atoms with E-state index in [0.29, 0.717) is 28.8 Å². The van der Waals surface area contributed by atoms with Crippen molar-refractivity contribution in [1.82, 2.24) is 0 Å². The normalized spacial score (nSPS) is 13.1. The summed E-state index contributed by atoms with van der Waals surface area (Å²) in [4.78, 5) is 23.2. The molecule has 2 aromatic rings. The Labute approximate surface area is 186 Å². The van der Waals surface area contributed by atoms with Gasteiger partial charge < -0.3 is 18.9 Å². The monoisotopic (exact) mass is 461 g/mol. The minimum atomic E-state index is -4.07. The number of rotatable bonds is 7. The molecule has 1 heterocycles. The molecule has 0 N–H and O–H groups in total. The summed E-state index contributed by atoms with van der Waals surface area (Å²) in [5.41, 5.74) is 1.94. The van der Waals surface area contributed by atoms with Crippen molar-refractivity contribution in [2.75, 3.05) is 39.3 Å². The molecule has 0 aliphatic carbocycles. The highest BCUT2D eigenvalue weighted by molar-refractivity contribution is 7.93. The number of sulfonamides is 1. The minimum absolute atomic E-state index is 0.0438. The second-order valence-corrected chi connectivity index (χ2v) is 8.60. The van der Waals surface area contributed by atoms with Gasteiger partial charge in [0.1, 0.15) is 4.90 Å². The highest BCUT2D eigenvalue weighted by atomic mass is 32.2. The zero-order valence-corrected chi connectivity index (χ0v) is 18.9. The first-order valence-electron chi connectivity index (χ1n) is 9.52. The fourth-order valence-corrected chi connectivity index (χ4v) is 5.16. The number of fused-ring (bicyclic) bond motifs is 1. The molecule has 0 atom stereocenters. The number of esters is 2. The van der Waals surface area contributed by atoms with E-state index >= 15 is 0 Å². The summed E-state index contributed by atoms with van der Waals surface area (Å²) in [5.74, 6) is -0.842. The van der Waals surface area contributed by atoms with E-state index in [1.54, 1.807) is 18.2 Å². The van der Waals surface area contributed by atoms with E-state index in [4.69, 9.17) is 14.2 Å². The molecule has 0 amide bonds. The van der Waals surface area contributed by atoms with Crippen LogP contribution in [-0.2, 0) is 30.7 Å². The minimum Gasteiger partial charge on any atom is -0.493 e. The molecule has 9 nitrogen and oxygen atoms in total. The molecule has 170 valence electrons. The molecule has 1 aliphatic heterocycles. The van der Waals surface area contributed by atoms with Crippen LogP contribution in [0.2, 0.25) is 0 Å². The first kappa shape index (κ1) is 23.1. The number of hydrogen-bond acceptors (Lipinski definition) is 8. The fourth-order valence-electron chi connectivity index (χ4n) is 3.45. The maximum atomic E-state index is 13.6. The van der Waals surface area contributed by atoms with Gasteiger partial charge in [0.25, 0.3) is 10.0 Å². The first-order chi connectivity index (χ1) is 15.3. The van der Waals surface area contributed by atoms with Crippen LogP contribution in [0.25, 0.3) is 6.08 Å². The Morgan fingerprint density at radius 2 is 1.75 bits per heavy atom. The maximum absolute atomic E-state index is 13.6. The Morgan fingerprint density at radius 3 is 2.38 bits per heavy atom. The zero-order valence-electron chi connectivity index (χ0n) is 18.1. The molecule has 0 radical (unpaired) electrons. The fraction of sp³-hybridized carbons (Fsp3) is 0.273. The van der Waals surface area contributed by atoms with Crippen molar-refractivity contribution in [1.29, 1.82) is 0 Å². The summed E-state index contributed by atoms with van der Waals surface area (Å²) in [5, 5.41) is 0. The number of nitrogens with zero attached hydrogens (tertiary/aromatic N) is 1. The van der Waals surface area contributed by atoms with E-state index in [9.17, 15) is 18.0 Å². The van der Waals surface area contributed by atoms with Crippen LogP contribution in [0.1, 0.15) is 21.5 Å². The van der Waals surface area contributed by atoms with Gasteiger partial charge in [-0.1, -0.05) is 0 Å². The van der Waals surface area contributed by atoms with Crippen LogP contribution in [-0.4, -0.2) is 55.3 Å². The van der Waals surface area contributed by atoms with E-state index in [-0.39, 0.29) is 22.9 Å². The lowest BCUT2D eigenvalue weighted by molar-refractivity contribution is -0.134. The average molecular weight is 461 g/mol. The predicted octanol–water partition coefficient (Wildman–Crippen LogP) is 2.43. The molecule has 2 aromatic carbocycles. The molecule has 0 saturated carbocycles. The molecule has 32 heavy (non-hydrogen) atoms. The number of carbonyl (C=O) groups excluding carboxylic acids is 2. The Kier molecular flexibility index (Phi) is 6.73. The Morgan fingerprint density at radius 1 is 1.00 bits per heavy atom. The molecule has 3 rings (SSSR count). The SMILES string of the molecule is COC(=O)/C=C/c1cc(OC)c(OC)c(S(=O)(=O)N2CCc3cc(C(=O)OC)ccc32)c1. The summed E-state index contributed by atoms with van der Waals surface area (Å²) in [6.07, 6.45) is 3.03. The van der Waals surface area contributed by atoms with Crippen molar-refractivity contribution in [3.05, 3.63) is 53.1 Å². The first-order valence-corrected chi connectivity index (χ1v) is 11.0. The second-order valence-electron chi connectivity index (χ2n) is 6.77. The topological polar surface area (TPSA) is 108 Å². The van der Waals surface area contributed by atoms with Crippen LogP contribution in [0, 0.1) is 0 Å². The molecular weight excluding hydrogens is 438 g/mol. The van der Waals surface area contributed by atoms with Gasteiger partial charge >= 0.3 is 11.9 Å². The molecule has 1 aliphatic rings. The lowest BCUT2D eigenvalue weighted by atomic mass is 10.1. The molecule has 0 fully saturated rings. The Hall–Kier alpha value is -3.53. The summed E-state index contributed by atoms with van der Waals surface area (Å²) in [6.45, 7) is 0.190. The largest absolute Gasteiger partial charge is 0.493 e. The molecule has 10 heteroatoms. The summed E-state index contributed by atoms with van der Waals surface area (Å²) < 4.78 is 48.6. The van der Waals surface area contributed by atoms with Gasteiger partial charge in [0.15, 0.2) is 11.5 Å². The van der Waals surface area contributed by atoms with E-state index in [2.05, 4.69) is 4.74 Å². The van der Waals surface area contributed by atoms with Crippen molar-refractivity contribution in [3.63, 3.8) is 0 Å². The third-order valence-corrected chi connectivity index (χ3v) is 6.82. The molecule has 0 saturated heterocycles. The van der Waals surface area contributed by atoms with Crippen LogP contribution in [0.4, 0.5) is 5.69 Å². The van der Waals surface area contributed by atoms with Crippen LogP contribution < -0.4 is 13.8 Å². The Bertz CT molecular complexity index is 1190. The number of carbonyl (C=O) groups is 2. The molecule has 0 spiro atoms. The average Bonchev–Trinajstić information content (AvgIpc) is 3.25. The van der Waals surface area contributed by atoms with Crippen LogP contribution in [0.3, 0.4) is 0 Å².